The monoisotopic (exact) mass is 467 g/mol. The fourth-order valence-corrected chi connectivity index (χ4v) is 4.11. The van der Waals surface area contributed by atoms with Gasteiger partial charge in [0.1, 0.15) is 23.8 Å². The Morgan fingerprint density at radius 2 is 1.88 bits per heavy atom. The Morgan fingerprint density at radius 1 is 1.19 bits per heavy atom. The molecule has 2 heterocycles. The first-order chi connectivity index (χ1) is 15.2. The second-order valence-electron chi connectivity index (χ2n) is 6.81. The largest absolute Gasteiger partial charge is 0.496 e. The van der Waals surface area contributed by atoms with Crippen molar-refractivity contribution < 1.29 is 31.6 Å². The first kappa shape index (κ1) is 21.8. The van der Waals surface area contributed by atoms with Crippen LogP contribution in [0.15, 0.2) is 39.8 Å². The third-order valence-corrected chi connectivity index (χ3v) is 5.87. The van der Waals surface area contributed by atoms with Crippen molar-refractivity contribution in [2.75, 3.05) is 14.2 Å². The van der Waals surface area contributed by atoms with Crippen molar-refractivity contribution in [3.8, 4) is 34.2 Å². The van der Waals surface area contributed by atoms with Crippen LogP contribution in [0.1, 0.15) is 16.8 Å². The summed E-state index contributed by atoms with van der Waals surface area (Å²) < 4.78 is 72.9. The maximum absolute atomic E-state index is 13.8. The first-order valence-electron chi connectivity index (χ1n) is 9.14. The summed E-state index contributed by atoms with van der Waals surface area (Å²) in [7, 11) is 0.784. The predicted molar refractivity (Wildman–Crippen MR) is 108 cm³/mol. The van der Waals surface area contributed by atoms with E-state index < -0.39 is 28.6 Å². The molecule has 12 heteroatoms. The SMILES string of the molecule is COc1cc2c(c(OC)c1C)-c1c(c(C(F)(F)F)nn1-c1ccc(S(=O)N=O)cc1)OC2. The van der Waals surface area contributed by atoms with Crippen LogP contribution in [0.2, 0.25) is 0 Å². The van der Waals surface area contributed by atoms with Crippen molar-refractivity contribution in [2.24, 2.45) is 4.58 Å². The number of benzene rings is 2. The van der Waals surface area contributed by atoms with Crippen LogP contribution >= 0.6 is 0 Å². The van der Waals surface area contributed by atoms with E-state index in [0.29, 0.717) is 28.2 Å². The molecule has 32 heavy (non-hydrogen) atoms. The molecule has 0 fully saturated rings. The third-order valence-electron chi connectivity index (χ3n) is 5.06. The van der Waals surface area contributed by atoms with E-state index in [1.807, 2.05) is 0 Å². The van der Waals surface area contributed by atoms with Gasteiger partial charge in [0.05, 0.1) is 30.4 Å². The van der Waals surface area contributed by atoms with Gasteiger partial charge in [-0.15, -0.1) is 4.91 Å². The summed E-state index contributed by atoms with van der Waals surface area (Å²) >= 11 is 0. The van der Waals surface area contributed by atoms with E-state index in [0.717, 1.165) is 4.68 Å². The fraction of sp³-hybridized carbons (Fsp3) is 0.250. The number of ether oxygens (including phenoxy) is 3. The van der Waals surface area contributed by atoms with E-state index in [9.17, 15) is 22.3 Å². The molecule has 2 aromatic carbocycles. The Morgan fingerprint density at radius 3 is 2.44 bits per heavy atom. The van der Waals surface area contributed by atoms with Crippen LogP contribution in [-0.2, 0) is 23.8 Å². The zero-order valence-corrected chi connectivity index (χ0v) is 17.8. The number of aromatic nitrogens is 2. The maximum atomic E-state index is 13.8. The summed E-state index contributed by atoms with van der Waals surface area (Å²) in [6.45, 7) is 1.60. The Labute approximate surface area is 182 Å². The van der Waals surface area contributed by atoms with Gasteiger partial charge in [0.25, 0.3) is 0 Å². The lowest BCUT2D eigenvalue weighted by atomic mass is 9.96. The number of nitrogens with zero attached hydrogens (tertiary/aromatic N) is 3. The number of alkyl halides is 3. The van der Waals surface area contributed by atoms with Crippen molar-refractivity contribution in [3.63, 3.8) is 0 Å². The molecule has 0 bridgehead atoms. The second kappa shape index (κ2) is 7.93. The van der Waals surface area contributed by atoms with E-state index >= 15 is 0 Å². The number of methoxy groups -OCH3 is 2. The predicted octanol–water partition coefficient (Wildman–Crippen LogP) is 4.57. The molecular formula is C20H16F3N3O5S. The van der Waals surface area contributed by atoms with Gasteiger partial charge in [-0.3, -0.25) is 0 Å². The van der Waals surface area contributed by atoms with Gasteiger partial charge in [0.15, 0.2) is 5.75 Å². The molecule has 0 radical (unpaired) electrons. The summed E-state index contributed by atoms with van der Waals surface area (Å²) in [6, 6.07) is 7.12. The van der Waals surface area contributed by atoms with Crippen molar-refractivity contribution in [3.05, 3.63) is 52.1 Å². The quantitative estimate of drug-likeness (QED) is 0.511. The number of hydrogen-bond acceptors (Lipinski definition) is 6. The second-order valence-corrected chi connectivity index (χ2v) is 7.93. The highest BCUT2D eigenvalue weighted by Crippen LogP contribution is 2.51. The smallest absolute Gasteiger partial charge is 0.438 e. The molecule has 0 aliphatic carbocycles. The molecule has 0 N–H and O–H groups in total. The Balaban J connectivity index is 2.02. The molecule has 1 aromatic heterocycles. The molecule has 8 nitrogen and oxygen atoms in total. The van der Waals surface area contributed by atoms with Gasteiger partial charge in [0, 0.05) is 15.7 Å². The molecular weight excluding hydrogens is 451 g/mol. The van der Waals surface area contributed by atoms with Crippen LogP contribution in [0.4, 0.5) is 13.2 Å². The highest BCUT2D eigenvalue weighted by Gasteiger charge is 2.43. The number of halogens is 3. The van der Waals surface area contributed by atoms with E-state index in [2.05, 4.69) is 9.68 Å². The highest BCUT2D eigenvalue weighted by molar-refractivity contribution is 7.83. The van der Waals surface area contributed by atoms with Crippen LogP contribution in [0.5, 0.6) is 17.2 Å². The normalized spacial score (nSPS) is 13.6. The lowest BCUT2D eigenvalue weighted by Gasteiger charge is -2.24. The topological polar surface area (TPSA) is 92.0 Å². The molecule has 1 aliphatic heterocycles. The summed E-state index contributed by atoms with van der Waals surface area (Å²) in [5, 5.41) is 3.79. The Hall–Kier alpha value is -3.41. The number of rotatable bonds is 5. The van der Waals surface area contributed by atoms with Crippen molar-refractivity contribution >= 4 is 11.0 Å². The fourth-order valence-electron chi connectivity index (χ4n) is 3.65. The van der Waals surface area contributed by atoms with Gasteiger partial charge in [-0.2, -0.15) is 18.3 Å². The average Bonchev–Trinajstić information content (AvgIpc) is 3.18. The summed E-state index contributed by atoms with van der Waals surface area (Å²) in [4.78, 5) is 10.6. The molecule has 0 saturated carbocycles. The zero-order valence-electron chi connectivity index (χ0n) is 17.0. The van der Waals surface area contributed by atoms with Gasteiger partial charge in [0.2, 0.25) is 16.7 Å². The van der Waals surface area contributed by atoms with Crippen LogP contribution in [0.3, 0.4) is 0 Å². The number of fused-ring (bicyclic) bond motifs is 3. The number of nitroso groups, excluding NO2 is 1. The van der Waals surface area contributed by atoms with Crippen LogP contribution < -0.4 is 14.2 Å². The molecule has 168 valence electrons. The van der Waals surface area contributed by atoms with Gasteiger partial charge >= 0.3 is 6.18 Å². The summed E-state index contributed by atoms with van der Waals surface area (Å²) in [5.41, 5.74) is 0.673. The van der Waals surface area contributed by atoms with E-state index in [1.165, 1.54) is 38.5 Å². The molecule has 0 spiro atoms. The van der Waals surface area contributed by atoms with Crippen molar-refractivity contribution in [1.29, 1.82) is 0 Å². The van der Waals surface area contributed by atoms with Crippen LogP contribution in [0.25, 0.3) is 16.9 Å². The van der Waals surface area contributed by atoms with Gasteiger partial charge < -0.3 is 14.2 Å². The molecule has 4 rings (SSSR count). The number of hydrogen-bond donors (Lipinski definition) is 0. The van der Waals surface area contributed by atoms with Crippen molar-refractivity contribution in [2.45, 2.75) is 24.6 Å². The molecule has 1 aliphatic rings. The molecule has 1 unspecified atom stereocenters. The lowest BCUT2D eigenvalue weighted by Crippen LogP contribution is -2.12. The summed E-state index contributed by atoms with van der Waals surface area (Å²) in [5.74, 6) is 0.416. The summed E-state index contributed by atoms with van der Waals surface area (Å²) in [6.07, 6.45) is -4.77. The third kappa shape index (κ3) is 3.40. The minimum absolute atomic E-state index is 0.0589. The Kier molecular flexibility index (Phi) is 5.41. The molecule has 3 aromatic rings. The minimum atomic E-state index is -4.77. The van der Waals surface area contributed by atoms with Crippen molar-refractivity contribution in [1.82, 2.24) is 9.78 Å². The zero-order chi connectivity index (χ0) is 23.2. The minimum Gasteiger partial charge on any atom is -0.496 e. The lowest BCUT2D eigenvalue weighted by molar-refractivity contribution is -0.142. The highest BCUT2D eigenvalue weighted by atomic mass is 32.2. The first-order valence-corrected chi connectivity index (χ1v) is 10.3. The average molecular weight is 467 g/mol. The van der Waals surface area contributed by atoms with Crippen LogP contribution in [0, 0.1) is 11.8 Å². The molecule has 1 atom stereocenters. The molecule has 0 amide bonds. The van der Waals surface area contributed by atoms with Crippen LogP contribution in [-0.4, -0.2) is 28.2 Å². The van der Waals surface area contributed by atoms with Gasteiger partial charge in [-0.25, -0.2) is 8.89 Å². The van der Waals surface area contributed by atoms with E-state index in [1.54, 1.807) is 13.0 Å². The molecule has 0 saturated heterocycles. The standard InChI is InChI=1S/C20H16F3N3O5S/c1-10-14(29-2)8-11-9-31-18-16(15(11)17(10)30-3)26(24-19(18)20(21,22)23)12-4-6-13(7-5-12)32(28)25-27/h4-8H,9H2,1-3H3. The Bertz CT molecular complexity index is 1240. The van der Waals surface area contributed by atoms with Gasteiger partial charge in [-0.1, -0.05) is 0 Å². The van der Waals surface area contributed by atoms with Gasteiger partial charge in [-0.05, 0) is 37.3 Å². The van der Waals surface area contributed by atoms with E-state index in [-0.39, 0.29) is 22.9 Å². The van der Waals surface area contributed by atoms with E-state index in [4.69, 9.17) is 14.2 Å². The maximum Gasteiger partial charge on any atom is 0.438 e.